The summed E-state index contributed by atoms with van der Waals surface area (Å²) in [6.07, 6.45) is 3.51. The normalized spacial score (nSPS) is 13.8. The maximum atomic E-state index is 6.44. The Hall–Kier alpha value is -3.19. The number of pyridine rings is 1. The second-order valence-electron chi connectivity index (χ2n) is 6.34. The Kier molecular flexibility index (Phi) is 3.68. The lowest BCUT2D eigenvalue weighted by molar-refractivity contribution is 0.756. The molecular weight excluding hydrogens is 362 g/mol. The smallest absolute Gasteiger partial charge is 0.253 e. The van der Waals surface area contributed by atoms with Gasteiger partial charge in [0.05, 0.1) is 6.20 Å². The molecule has 27 heavy (non-hydrogen) atoms. The number of nitrogens with one attached hydrogen (secondary N) is 1. The third-order valence-corrected chi connectivity index (χ3v) is 4.99. The van der Waals surface area contributed by atoms with Crippen LogP contribution >= 0.6 is 11.6 Å². The Morgan fingerprint density at radius 1 is 1.19 bits per heavy atom. The zero-order valence-corrected chi connectivity index (χ0v) is 15.4. The minimum Gasteiger partial charge on any atom is -0.369 e. The fourth-order valence-corrected chi connectivity index (χ4v) is 3.62. The lowest BCUT2D eigenvalue weighted by Gasteiger charge is -2.17. The molecule has 8 heteroatoms. The van der Waals surface area contributed by atoms with E-state index < -0.39 is 0 Å². The van der Waals surface area contributed by atoms with Crippen LogP contribution in [-0.4, -0.2) is 30.9 Å². The topological polar surface area (TPSA) is 72.9 Å². The van der Waals surface area contributed by atoms with Crippen molar-refractivity contribution in [3.05, 3.63) is 59.4 Å². The van der Waals surface area contributed by atoms with Gasteiger partial charge in [0.25, 0.3) is 5.62 Å². The van der Waals surface area contributed by atoms with E-state index in [1.807, 2.05) is 43.6 Å². The van der Waals surface area contributed by atoms with Gasteiger partial charge in [-0.15, -0.1) is 0 Å². The van der Waals surface area contributed by atoms with Crippen molar-refractivity contribution in [2.45, 2.75) is 6.54 Å². The van der Waals surface area contributed by atoms with Crippen LogP contribution in [0.3, 0.4) is 0 Å². The summed E-state index contributed by atoms with van der Waals surface area (Å²) in [4.78, 5) is 13.6. The standard InChI is InChI=1S/C19H16ClN7/c1-26-16(6-7-23-26)24-19-22-11-12-10-14(13-4-2-3-5-15(13)20)18-21-8-9-27(18)17(12)25-19/h2-7,10-11,21H,8-9H2,1H3/b24-19-. The molecule has 1 aromatic heterocycles. The van der Waals surface area contributed by atoms with E-state index in [0.717, 1.165) is 46.4 Å². The summed E-state index contributed by atoms with van der Waals surface area (Å²) in [6.45, 7) is 1.67. The number of nitrogens with zero attached hydrogens (tertiary/aromatic N) is 6. The van der Waals surface area contributed by atoms with E-state index in [0.29, 0.717) is 11.4 Å². The molecule has 5 rings (SSSR count). The van der Waals surface area contributed by atoms with Crippen molar-refractivity contribution < 1.29 is 0 Å². The Labute approximate surface area is 160 Å². The summed E-state index contributed by atoms with van der Waals surface area (Å²) < 4.78 is 3.85. The fraction of sp³-hybridized carbons (Fsp3) is 0.158. The highest BCUT2D eigenvalue weighted by Crippen LogP contribution is 2.39. The highest BCUT2D eigenvalue weighted by molar-refractivity contribution is 6.33. The predicted molar refractivity (Wildman–Crippen MR) is 104 cm³/mol. The molecule has 0 fully saturated rings. The van der Waals surface area contributed by atoms with Crippen LogP contribution < -0.4 is 10.9 Å². The number of hydrogen-bond acceptors (Lipinski definition) is 5. The van der Waals surface area contributed by atoms with Gasteiger partial charge >= 0.3 is 0 Å². The molecule has 0 bridgehead atoms. The summed E-state index contributed by atoms with van der Waals surface area (Å²) in [5.74, 6) is 2.57. The average molecular weight is 378 g/mol. The highest BCUT2D eigenvalue weighted by Gasteiger charge is 2.22. The molecule has 3 aliphatic rings. The van der Waals surface area contributed by atoms with Gasteiger partial charge in [0, 0.05) is 54.1 Å². The van der Waals surface area contributed by atoms with Crippen molar-refractivity contribution in [2.24, 2.45) is 12.0 Å². The number of aryl methyl sites for hydroxylation is 1. The summed E-state index contributed by atoms with van der Waals surface area (Å²) in [6, 6.07) is 11.8. The third-order valence-electron chi connectivity index (χ3n) is 4.67. The van der Waals surface area contributed by atoms with Crippen LogP contribution in [0.4, 0.5) is 11.6 Å². The number of rotatable bonds is 2. The maximum absolute atomic E-state index is 6.44. The van der Waals surface area contributed by atoms with Gasteiger partial charge < -0.3 is 9.88 Å². The molecule has 1 N–H and O–H groups in total. The molecule has 0 radical (unpaired) electrons. The van der Waals surface area contributed by atoms with Crippen LogP contribution in [-0.2, 0) is 13.6 Å². The number of aromatic nitrogens is 5. The first-order chi connectivity index (χ1) is 13.2. The average Bonchev–Trinajstić information content (AvgIpc) is 3.32. The van der Waals surface area contributed by atoms with Crippen LogP contribution in [0.25, 0.3) is 22.5 Å². The zero-order chi connectivity index (χ0) is 18.4. The zero-order valence-electron chi connectivity index (χ0n) is 14.6. The number of benzene rings is 1. The third kappa shape index (κ3) is 2.67. The Balaban J connectivity index is 1.74. The van der Waals surface area contributed by atoms with Crippen molar-refractivity contribution in [3.8, 4) is 22.5 Å². The lowest BCUT2D eigenvalue weighted by Crippen LogP contribution is -2.17. The van der Waals surface area contributed by atoms with E-state index in [2.05, 4.69) is 31.0 Å². The molecule has 0 atom stereocenters. The monoisotopic (exact) mass is 377 g/mol. The van der Waals surface area contributed by atoms with Crippen LogP contribution in [0.15, 0.2) is 53.8 Å². The first kappa shape index (κ1) is 16.0. The van der Waals surface area contributed by atoms with E-state index in [-0.39, 0.29) is 0 Å². The second-order valence-corrected chi connectivity index (χ2v) is 6.75. The predicted octanol–water partition coefficient (Wildman–Crippen LogP) is 3.09. The Morgan fingerprint density at radius 3 is 2.89 bits per heavy atom. The fourth-order valence-electron chi connectivity index (χ4n) is 3.38. The minimum absolute atomic E-state index is 0.415. The molecular formula is C19H16ClN7. The van der Waals surface area contributed by atoms with Gasteiger partial charge in [-0.3, -0.25) is 4.68 Å². The molecule has 0 saturated heterocycles. The molecule has 0 saturated carbocycles. The number of halogens is 1. The SMILES string of the molecule is Cn1nccc1/N=c1/ncc2cc(-c3ccccc3Cl)c3n(c-2n1)CCN3. The molecule has 0 aliphatic carbocycles. The van der Waals surface area contributed by atoms with Crippen LogP contribution in [0.5, 0.6) is 0 Å². The van der Waals surface area contributed by atoms with Crippen LogP contribution in [0.2, 0.25) is 5.02 Å². The Bertz CT molecular complexity index is 1190. The van der Waals surface area contributed by atoms with Gasteiger partial charge in [-0.05, 0) is 12.1 Å². The van der Waals surface area contributed by atoms with Crippen molar-refractivity contribution in [1.29, 1.82) is 0 Å². The van der Waals surface area contributed by atoms with Crippen molar-refractivity contribution in [3.63, 3.8) is 0 Å². The molecule has 0 spiro atoms. The number of hydrogen-bond donors (Lipinski definition) is 1. The van der Waals surface area contributed by atoms with Gasteiger partial charge in [-0.25, -0.2) is 4.98 Å². The van der Waals surface area contributed by atoms with E-state index >= 15 is 0 Å². The van der Waals surface area contributed by atoms with E-state index in [1.54, 1.807) is 10.9 Å². The van der Waals surface area contributed by atoms with Crippen molar-refractivity contribution >= 4 is 23.2 Å². The number of fused-ring (bicyclic) bond motifs is 3. The van der Waals surface area contributed by atoms with E-state index in [4.69, 9.17) is 16.6 Å². The molecule has 3 aliphatic heterocycles. The van der Waals surface area contributed by atoms with Gasteiger partial charge in [-0.1, -0.05) is 29.8 Å². The lowest BCUT2D eigenvalue weighted by atomic mass is 10.0. The highest BCUT2D eigenvalue weighted by atomic mass is 35.5. The van der Waals surface area contributed by atoms with Gasteiger partial charge in [0.1, 0.15) is 11.6 Å². The molecule has 2 aromatic rings. The largest absolute Gasteiger partial charge is 0.369 e. The second kappa shape index (κ2) is 6.21. The van der Waals surface area contributed by atoms with Gasteiger partial charge in [0.2, 0.25) is 0 Å². The summed E-state index contributed by atoms with van der Waals surface area (Å²) >= 11 is 6.44. The van der Waals surface area contributed by atoms with Crippen LogP contribution in [0, 0.1) is 0 Å². The summed E-state index contributed by atoms with van der Waals surface area (Å²) in [7, 11) is 1.84. The van der Waals surface area contributed by atoms with Gasteiger partial charge in [-0.2, -0.15) is 15.1 Å². The van der Waals surface area contributed by atoms with E-state index in [9.17, 15) is 0 Å². The van der Waals surface area contributed by atoms with Crippen molar-refractivity contribution in [2.75, 3.05) is 11.9 Å². The number of anilines is 1. The minimum atomic E-state index is 0.415. The Morgan fingerprint density at radius 2 is 2.07 bits per heavy atom. The first-order valence-electron chi connectivity index (χ1n) is 8.63. The molecule has 7 nitrogen and oxygen atoms in total. The molecule has 134 valence electrons. The molecule has 0 amide bonds. The molecule has 1 aromatic carbocycles. The molecule has 4 heterocycles. The summed E-state index contributed by atoms with van der Waals surface area (Å²) in [5.41, 5.74) is 3.40. The van der Waals surface area contributed by atoms with Crippen LogP contribution in [0.1, 0.15) is 0 Å². The summed E-state index contributed by atoms with van der Waals surface area (Å²) in [5, 5.41) is 8.31. The first-order valence-corrected chi connectivity index (χ1v) is 9.00. The molecule has 0 unspecified atom stereocenters. The quantitative estimate of drug-likeness (QED) is 0.582. The van der Waals surface area contributed by atoms with E-state index in [1.165, 1.54) is 0 Å². The maximum Gasteiger partial charge on any atom is 0.253 e. The van der Waals surface area contributed by atoms with Gasteiger partial charge in [0.15, 0.2) is 5.82 Å². The van der Waals surface area contributed by atoms with Crippen molar-refractivity contribution in [1.82, 2.24) is 24.3 Å².